The number of imidazole rings is 1. The first-order valence-corrected chi connectivity index (χ1v) is 10.2. The van der Waals surface area contributed by atoms with Gasteiger partial charge < -0.3 is 4.90 Å². The summed E-state index contributed by atoms with van der Waals surface area (Å²) in [5.74, 6) is 0.0298. The molecule has 0 spiro atoms. The SMILES string of the molecule is CN(C)C=O.O=S(=O)(O)n1cncc1C1=CC(c2ccccc2)c2ccccc21. The van der Waals surface area contributed by atoms with Crippen LogP contribution in [0.2, 0.25) is 0 Å². The highest BCUT2D eigenvalue weighted by Crippen LogP contribution is 2.42. The van der Waals surface area contributed by atoms with Crippen molar-refractivity contribution in [3.63, 3.8) is 0 Å². The normalized spacial score (nSPS) is 15.0. The van der Waals surface area contributed by atoms with E-state index in [2.05, 4.69) is 4.98 Å². The largest absolute Gasteiger partial charge is 0.365 e. The fraction of sp³-hybridized carbons (Fsp3) is 0.143. The first-order chi connectivity index (χ1) is 13.8. The minimum atomic E-state index is -4.40. The van der Waals surface area contributed by atoms with Crippen LogP contribution in [0.5, 0.6) is 0 Å². The zero-order valence-electron chi connectivity index (χ0n) is 16.0. The number of hydrogen-bond donors (Lipinski definition) is 1. The molecule has 0 saturated carbocycles. The molecule has 29 heavy (non-hydrogen) atoms. The van der Waals surface area contributed by atoms with E-state index in [1.54, 1.807) is 14.1 Å². The molecule has 1 N–H and O–H groups in total. The van der Waals surface area contributed by atoms with Crippen molar-refractivity contribution in [2.24, 2.45) is 0 Å². The molecule has 1 aromatic heterocycles. The number of aromatic nitrogens is 2. The zero-order valence-corrected chi connectivity index (χ0v) is 16.8. The molecule has 0 aliphatic heterocycles. The summed E-state index contributed by atoms with van der Waals surface area (Å²) in [4.78, 5) is 14.8. The van der Waals surface area contributed by atoms with Crippen molar-refractivity contribution >= 4 is 22.3 Å². The number of carbonyl (C=O) groups is 1. The molecular weight excluding hydrogens is 390 g/mol. The van der Waals surface area contributed by atoms with Gasteiger partial charge in [0, 0.05) is 25.6 Å². The van der Waals surface area contributed by atoms with Gasteiger partial charge in [-0.3, -0.25) is 9.35 Å². The maximum Gasteiger partial charge on any atom is 0.365 e. The van der Waals surface area contributed by atoms with E-state index < -0.39 is 10.3 Å². The van der Waals surface area contributed by atoms with Crippen molar-refractivity contribution in [3.8, 4) is 0 Å². The van der Waals surface area contributed by atoms with Crippen LogP contribution in [0.4, 0.5) is 0 Å². The highest BCUT2D eigenvalue weighted by atomic mass is 32.2. The molecule has 4 rings (SSSR count). The lowest BCUT2D eigenvalue weighted by atomic mass is 9.93. The number of benzene rings is 2. The molecule has 2 aromatic carbocycles. The molecule has 1 aliphatic carbocycles. The summed E-state index contributed by atoms with van der Waals surface area (Å²) < 4.78 is 33.4. The molecule has 0 fully saturated rings. The van der Waals surface area contributed by atoms with Gasteiger partial charge in [0.1, 0.15) is 6.33 Å². The van der Waals surface area contributed by atoms with Gasteiger partial charge in [-0.1, -0.05) is 60.7 Å². The van der Waals surface area contributed by atoms with Crippen LogP contribution in [0.15, 0.2) is 73.2 Å². The Bertz CT molecular complexity index is 1140. The maximum absolute atomic E-state index is 11.6. The van der Waals surface area contributed by atoms with Gasteiger partial charge in [-0.15, -0.1) is 0 Å². The standard InChI is InChI=1S/C18H14N2O3S.C3H7NO/c21-24(22,23)20-12-19-11-18(20)17-10-16(13-6-2-1-3-7-13)14-8-4-5-9-15(14)17;1-4(2)3-5/h1-12,16H,(H,21,22,23);3H,1-2H3. The second-order valence-electron chi connectivity index (χ2n) is 6.68. The highest BCUT2D eigenvalue weighted by molar-refractivity contribution is 7.84. The average molecular weight is 411 g/mol. The van der Waals surface area contributed by atoms with Crippen LogP contribution in [0.1, 0.15) is 28.3 Å². The van der Waals surface area contributed by atoms with Gasteiger partial charge in [-0.05, 0) is 16.7 Å². The lowest BCUT2D eigenvalue weighted by Crippen LogP contribution is -2.12. The molecule has 7 nitrogen and oxygen atoms in total. The number of rotatable bonds is 4. The monoisotopic (exact) mass is 411 g/mol. The van der Waals surface area contributed by atoms with Gasteiger partial charge in [0.2, 0.25) is 6.41 Å². The fourth-order valence-corrected chi connectivity index (χ4v) is 3.74. The number of fused-ring (bicyclic) bond motifs is 1. The molecule has 8 heteroatoms. The minimum Gasteiger partial charge on any atom is -0.351 e. The van der Waals surface area contributed by atoms with E-state index in [0.29, 0.717) is 5.69 Å². The van der Waals surface area contributed by atoms with Gasteiger partial charge in [-0.2, -0.15) is 8.42 Å². The van der Waals surface area contributed by atoms with Gasteiger partial charge in [0.25, 0.3) is 0 Å². The van der Waals surface area contributed by atoms with Gasteiger partial charge in [-0.25, -0.2) is 8.96 Å². The van der Waals surface area contributed by atoms with Crippen LogP contribution in [0.25, 0.3) is 5.57 Å². The van der Waals surface area contributed by atoms with Crippen molar-refractivity contribution < 1.29 is 17.8 Å². The average Bonchev–Trinajstić information content (AvgIpc) is 3.34. The van der Waals surface area contributed by atoms with E-state index in [1.807, 2.05) is 60.7 Å². The predicted octanol–water partition coefficient (Wildman–Crippen LogP) is 2.82. The van der Waals surface area contributed by atoms with Gasteiger partial charge in [0.15, 0.2) is 0 Å². The van der Waals surface area contributed by atoms with Crippen molar-refractivity contribution in [2.45, 2.75) is 5.92 Å². The summed E-state index contributed by atoms with van der Waals surface area (Å²) in [6, 6.07) is 17.9. The molecule has 0 radical (unpaired) electrons. The molecule has 1 unspecified atom stereocenters. The summed E-state index contributed by atoms with van der Waals surface area (Å²) in [7, 11) is -1.02. The molecule has 0 bridgehead atoms. The van der Waals surface area contributed by atoms with E-state index >= 15 is 0 Å². The number of hydrogen-bond acceptors (Lipinski definition) is 4. The molecule has 1 amide bonds. The third-order valence-corrected chi connectivity index (χ3v) is 5.21. The Labute approximate surface area is 169 Å². The summed E-state index contributed by atoms with van der Waals surface area (Å²) in [5.41, 5.74) is 4.26. The Hall–Kier alpha value is -3.23. The number of nitrogens with zero attached hydrogens (tertiary/aromatic N) is 3. The fourth-order valence-electron chi connectivity index (χ4n) is 3.17. The summed E-state index contributed by atoms with van der Waals surface area (Å²) in [5, 5.41) is 0. The van der Waals surface area contributed by atoms with E-state index in [4.69, 9.17) is 0 Å². The quantitative estimate of drug-likeness (QED) is 0.526. The third kappa shape index (κ3) is 4.44. The van der Waals surface area contributed by atoms with Crippen LogP contribution in [0, 0.1) is 0 Å². The van der Waals surface area contributed by atoms with Crippen molar-refractivity contribution in [1.82, 2.24) is 13.9 Å². The van der Waals surface area contributed by atoms with Gasteiger partial charge >= 0.3 is 10.3 Å². The molecule has 0 saturated heterocycles. The Balaban J connectivity index is 0.000000431. The Morgan fingerprint density at radius 3 is 2.31 bits per heavy atom. The second kappa shape index (κ2) is 8.42. The van der Waals surface area contributed by atoms with Gasteiger partial charge in [0.05, 0.1) is 11.9 Å². The zero-order chi connectivity index (χ0) is 21.0. The Morgan fingerprint density at radius 2 is 1.69 bits per heavy atom. The van der Waals surface area contributed by atoms with Crippen molar-refractivity contribution in [1.29, 1.82) is 0 Å². The molecule has 1 atom stereocenters. The number of carbonyl (C=O) groups excluding carboxylic acids is 1. The van der Waals surface area contributed by atoms with Crippen LogP contribution < -0.4 is 0 Å². The smallest absolute Gasteiger partial charge is 0.351 e. The first kappa shape index (κ1) is 20.5. The highest BCUT2D eigenvalue weighted by Gasteiger charge is 2.28. The molecule has 150 valence electrons. The second-order valence-corrected chi connectivity index (χ2v) is 7.97. The number of allylic oxidation sites excluding steroid dienone is 1. The summed E-state index contributed by atoms with van der Waals surface area (Å²) in [6.07, 6.45) is 5.31. The van der Waals surface area contributed by atoms with Crippen LogP contribution in [-0.4, -0.2) is 47.3 Å². The molecule has 1 heterocycles. The van der Waals surface area contributed by atoms with E-state index in [-0.39, 0.29) is 5.92 Å². The Morgan fingerprint density at radius 1 is 1.07 bits per heavy atom. The summed E-state index contributed by atoms with van der Waals surface area (Å²) in [6.45, 7) is 0. The minimum absolute atomic E-state index is 0.0298. The topological polar surface area (TPSA) is 92.5 Å². The Kier molecular flexibility index (Phi) is 5.95. The molecular formula is C21H21N3O4S. The maximum atomic E-state index is 11.6. The van der Waals surface area contributed by atoms with Crippen LogP contribution >= 0.6 is 0 Å². The number of amides is 1. The predicted molar refractivity (Wildman–Crippen MR) is 111 cm³/mol. The summed E-state index contributed by atoms with van der Waals surface area (Å²) >= 11 is 0. The third-order valence-electron chi connectivity index (χ3n) is 4.42. The van der Waals surface area contributed by atoms with Crippen LogP contribution in [0.3, 0.4) is 0 Å². The van der Waals surface area contributed by atoms with E-state index in [0.717, 1.165) is 39.0 Å². The van der Waals surface area contributed by atoms with Crippen LogP contribution in [-0.2, 0) is 15.1 Å². The first-order valence-electron chi connectivity index (χ1n) is 8.81. The van der Waals surface area contributed by atoms with E-state index in [9.17, 15) is 17.8 Å². The molecule has 3 aromatic rings. The lowest BCUT2D eigenvalue weighted by molar-refractivity contribution is -0.115. The van der Waals surface area contributed by atoms with E-state index in [1.165, 1.54) is 11.1 Å². The molecule has 1 aliphatic rings. The van der Waals surface area contributed by atoms with Crippen molar-refractivity contribution in [3.05, 3.63) is 95.6 Å². The van der Waals surface area contributed by atoms with Crippen molar-refractivity contribution in [2.75, 3.05) is 14.1 Å². The lowest BCUT2D eigenvalue weighted by Gasteiger charge is -2.10.